The molecule has 0 spiro atoms. The van der Waals surface area contributed by atoms with Crippen LogP contribution in [0.5, 0.6) is 0 Å². The second-order valence-electron chi connectivity index (χ2n) is 13.6. The molecule has 1 unspecified atom stereocenters. The summed E-state index contributed by atoms with van der Waals surface area (Å²) < 4.78 is 43.0. The molecule has 272 valence electrons. The molecule has 5 amide bonds. The number of hydrogen-bond acceptors (Lipinski definition) is 8. The Balaban J connectivity index is 0.979. The first kappa shape index (κ1) is 35.2. The van der Waals surface area contributed by atoms with Crippen LogP contribution in [0.4, 0.5) is 24.5 Å². The molecule has 1 atom stereocenters. The summed E-state index contributed by atoms with van der Waals surface area (Å²) in [6.45, 7) is 4.56. The lowest BCUT2D eigenvalue weighted by Crippen LogP contribution is -2.54. The number of carbonyl (C=O) groups excluding carboxylic acids is 5. The zero-order valence-electron chi connectivity index (χ0n) is 28.6. The number of fused-ring (bicyclic) bond motifs is 1. The Morgan fingerprint density at radius 3 is 2.42 bits per heavy atom. The molecular weight excluding hydrogens is 693 g/mol. The molecule has 53 heavy (non-hydrogen) atoms. The highest BCUT2D eigenvalue weighted by Crippen LogP contribution is 2.35. The van der Waals surface area contributed by atoms with E-state index in [1.54, 1.807) is 50.5 Å². The molecule has 2 aromatic carbocycles. The molecule has 16 heteroatoms. The minimum Gasteiger partial charge on any atom is -0.371 e. The summed E-state index contributed by atoms with van der Waals surface area (Å²) >= 11 is 0. The number of nitrogens with one attached hydrogen (secondary N) is 2. The minimum absolute atomic E-state index is 0.0493. The molecule has 5 heterocycles. The maximum Gasteiger partial charge on any atom is 0.416 e. The van der Waals surface area contributed by atoms with Gasteiger partial charge in [0, 0.05) is 49.7 Å². The SMILES string of the molecule is CC(C)(C(=O)Nc1ccc(C(F)(F)F)cc1-n1cccn1)n1cc(C#CC2CCN(c3ccc4c(c3)C(=O)N(C3CCC(=O)NC3=O)C4=O)CC2)cn1. The Morgan fingerprint density at radius 2 is 1.72 bits per heavy atom. The van der Waals surface area contributed by atoms with Crippen LogP contribution in [0, 0.1) is 17.8 Å². The number of amides is 5. The lowest BCUT2D eigenvalue weighted by molar-refractivity contribution is -0.138. The van der Waals surface area contributed by atoms with Crippen LogP contribution in [0.15, 0.2) is 67.3 Å². The second kappa shape index (κ2) is 13.4. The van der Waals surface area contributed by atoms with Crippen molar-refractivity contribution < 1.29 is 37.1 Å². The summed E-state index contributed by atoms with van der Waals surface area (Å²) in [7, 11) is 0. The van der Waals surface area contributed by atoms with Crippen molar-refractivity contribution in [1.29, 1.82) is 0 Å². The van der Waals surface area contributed by atoms with Crippen LogP contribution < -0.4 is 15.5 Å². The lowest BCUT2D eigenvalue weighted by Gasteiger charge is -2.32. The van der Waals surface area contributed by atoms with Crippen molar-refractivity contribution in [3.05, 3.63) is 89.5 Å². The minimum atomic E-state index is -4.58. The molecule has 0 saturated carbocycles. The molecule has 2 fully saturated rings. The number of aromatic nitrogens is 4. The molecule has 4 aromatic rings. The Hall–Kier alpha value is -6.24. The fraction of sp³-hybridized carbons (Fsp3) is 0.324. The maximum atomic E-state index is 13.5. The highest BCUT2D eigenvalue weighted by Gasteiger charge is 2.45. The van der Waals surface area contributed by atoms with Crippen LogP contribution in [0.3, 0.4) is 0 Å². The zero-order valence-corrected chi connectivity index (χ0v) is 28.6. The number of rotatable bonds is 6. The van der Waals surface area contributed by atoms with Crippen molar-refractivity contribution in [1.82, 2.24) is 29.8 Å². The molecule has 0 radical (unpaired) electrons. The van der Waals surface area contributed by atoms with E-state index in [0.29, 0.717) is 18.7 Å². The number of benzene rings is 2. The van der Waals surface area contributed by atoms with Crippen LogP contribution in [-0.4, -0.2) is 73.1 Å². The van der Waals surface area contributed by atoms with E-state index in [2.05, 4.69) is 37.6 Å². The van der Waals surface area contributed by atoms with E-state index in [1.165, 1.54) is 27.8 Å². The van der Waals surface area contributed by atoms with Gasteiger partial charge in [0.1, 0.15) is 11.6 Å². The molecular formula is C37H33F3N8O5. The van der Waals surface area contributed by atoms with Gasteiger partial charge in [-0.2, -0.15) is 23.4 Å². The van der Waals surface area contributed by atoms with E-state index in [0.717, 1.165) is 35.6 Å². The van der Waals surface area contributed by atoms with Gasteiger partial charge in [-0.25, -0.2) is 4.68 Å². The highest BCUT2D eigenvalue weighted by molar-refractivity contribution is 6.23. The van der Waals surface area contributed by atoms with Gasteiger partial charge in [0.2, 0.25) is 11.8 Å². The first-order valence-electron chi connectivity index (χ1n) is 16.9. The molecule has 0 aliphatic carbocycles. The average molecular weight is 727 g/mol. The normalized spacial score (nSPS) is 18.1. The van der Waals surface area contributed by atoms with Crippen LogP contribution in [0.2, 0.25) is 0 Å². The average Bonchev–Trinajstić information content (AvgIpc) is 3.89. The van der Waals surface area contributed by atoms with Gasteiger partial charge in [-0.05, 0) is 75.6 Å². The molecule has 13 nitrogen and oxygen atoms in total. The van der Waals surface area contributed by atoms with Crippen molar-refractivity contribution in [3.8, 4) is 17.5 Å². The molecule has 2 N–H and O–H groups in total. The van der Waals surface area contributed by atoms with E-state index in [9.17, 15) is 37.1 Å². The first-order valence-corrected chi connectivity index (χ1v) is 16.9. The van der Waals surface area contributed by atoms with Crippen molar-refractivity contribution in [2.45, 2.75) is 57.3 Å². The zero-order chi connectivity index (χ0) is 37.7. The van der Waals surface area contributed by atoms with Gasteiger partial charge < -0.3 is 10.2 Å². The molecule has 3 aliphatic heterocycles. The predicted molar refractivity (Wildman–Crippen MR) is 184 cm³/mol. The largest absolute Gasteiger partial charge is 0.416 e. The van der Waals surface area contributed by atoms with Crippen LogP contribution in [0.25, 0.3) is 5.69 Å². The molecule has 2 aromatic heterocycles. The molecule has 0 bridgehead atoms. The smallest absolute Gasteiger partial charge is 0.371 e. The predicted octanol–water partition coefficient (Wildman–Crippen LogP) is 4.13. The number of carbonyl (C=O) groups is 5. The van der Waals surface area contributed by atoms with Crippen molar-refractivity contribution in [2.75, 3.05) is 23.3 Å². The number of alkyl halides is 3. The van der Waals surface area contributed by atoms with Gasteiger partial charge in [-0.1, -0.05) is 11.8 Å². The van der Waals surface area contributed by atoms with Gasteiger partial charge in [0.15, 0.2) is 0 Å². The monoisotopic (exact) mass is 726 g/mol. The van der Waals surface area contributed by atoms with E-state index < -0.39 is 52.9 Å². The Morgan fingerprint density at radius 1 is 0.962 bits per heavy atom. The van der Waals surface area contributed by atoms with E-state index >= 15 is 0 Å². The molecule has 2 saturated heterocycles. The van der Waals surface area contributed by atoms with Crippen LogP contribution >= 0.6 is 0 Å². The summed E-state index contributed by atoms with van der Waals surface area (Å²) in [5.41, 5.74) is -0.0987. The van der Waals surface area contributed by atoms with Crippen LogP contribution in [0.1, 0.15) is 71.4 Å². The summed E-state index contributed by atoms with van der Waals surface area (Å²) in [6, 6.07) is 8.62. The van der Waals surface area contributed by atoms with Crippen molar-refractivity contribution >= 4 is 40.9 Å². The molecule has 3 aliphatic rings. The third-order valence-corrected chi connectivity index (χ3v) is 9.74. The lowest BCUT2D eigenvalue weighted by atomic mass is 9.96. The van der Waals surface area contributed by atoms with E-state index in [4.69, 9.17) is 0 Å². The number of hydrogen-bond donors (Lipinski definition) is 2. The van der Waals surface area contributed by atoms with Crippen molar-refractivity contribution in [3.63, 3.8) is 0 Å². The summed E-state index contributed by atoms with van der Waals surface area (Å²) in [5.74, 6) is 3.79. The molecule has 7 rings (SSSR count). The summed E-state index contributed by atoms with van der Waals surface area (Å²) in [6.07, 6.45) is 3.12. The number of halogens is 3. The van der Waals surface area contributed by atoms with Crippen molar-refractivity contribution in [2.24, 2.45) is 5.92 Å². The maximum absolute atomic E-state index is 13.5. The fourth-order valence-corrected chi connectivity index (χ4v) is 6.61. The Labute approximate surface area is 301 Å². The van der Waals surface area contributed by atoms with Gasteiger partial charge >= 0.3 is 6.18 Å². The third kappa shape index (κ3) is 6.77. The van der Waals surface area contributed by atoms with E-state index in [1.807, 2.05) is 0 Å². The third-order valence-electron chi connectivity index (χ3n) is 9.74. The number of anilines is 2. The summed E-state index contributed by atoms with van der Waals surface area (Å²) in [5, 5.41) is 13.3. The Bertz CT molecular complexity index is 2210. The quantitative estimate of drug-likeness (QED) is 0.223. The topological polar surface area (TPSA) is 152 Å². The van der Waals surface area contributed by atoms with Gasteiger partial charge in [0.25, 0.3) is 17.7 Å². The number of imide groups is 2. The highest BCUT2D eigenvalue weighted by atomic mass is 19.4. The number of nitrogens with zero attached hydrogens (tertiary/aromatic N) is 6. The summed E-state index contributed by atoms with van der Waals surface area (Å²) in [4.78, 5) is 66.8. The van der Waals surface area contributed by atoms with Gasteiger partial charge in [0.05, 0.1) is 39.8 Å². The first-order chi connectivity index (χ1) is 25.2. The fourth-order valence-electron chi connectivity index (χ4n) is 6.61. The van der Waals surface area contributed by atoms with E-state index in [-0.39, 0.29) is 41.3 Å². The second-order valence-corrected chi connectivity index (χ2v) is 13.6. The van der Waals surface area contributed by atoms with Gasteiger partial charge in [-0.3, -0.25) is 38.9 Å². The Kier molecular flexibility index (Phi) is 8.88. The number of piperidine rings is 2. The van der Waals surface area contributed by atoms with Gasteiger partial charge in [-0.15, -0.1) is 0 Å². The van der Waals surface area contributed by atoms with Crippen LogP contribution in [-0.2, 0) is 26.1 Å². The standard InChI is InChI=1S/C37H33F3N8O5/c1-36(2,35(53)43-28-9-6-24(37(38,39)40)18-30(28)46-15-3-14-41-46)47-21-23(20-42-47)5-4-22-12-16-45(17-13-22)25-7-8-26-27(19-25)34(52)48(33(26)51)29-10-11-31(49)44-32(29)50/h3,6-9,14-15,18-22,29H,10-13,16-17H2,1-2H3,(H,43,53)(H,44,49,50).